The van der Waals surface area contributed by atoms with Gasteiger partial charge in [0, 0.05) is 25.1 Å². The van der Waals surface area contributed by atoms with Crippen molar-refractivity contribution < 1.29 is 0 Å². The van der Waals surface area contributed by atoms with Crippen molar-refractivity contribution in [2.24, 2.45) is 0 Å². The Kier molecular flexibility index (Phi) is 7.10. The molecule has 0 bridgehead atoms. The molecule has 0 saturated carbocycles. The lowest BCUT2D eigenvalue weighted by Gasteiger charge is -2.23. The van der Waals surface area contributed by atoms with Crippen molar-refractivity contribution in [2.45, 2.75) is 46.6 Å². The van der Waals surface area contributed by atoms with Gasteiger partial charge in [0.2, 0.25) is 0 Å². The van der Waals surface area contributed by atoms with Crippen LogP contribution in [0.4, 0.5) is 5.82 Å². The van der Waals surface area contributed by atoms with Gasteiger partial charge < -0.3 is 10.2 Å². The molecular weight excluding hydrogens is 260 g/mol. The van der Waals surface area contributed by atoms with Crippen LogP contribution in [0, 0.1) is 0 Å². The second-order valence-electron chi connectivity index (χ2n) is 4.77. The molecule has 19 heavy (non-hydrogen) atoms. The number of aromatic nitrogens is 2. The second-order valence-corrected chi connectivity index (χ2v) is 5.16. The fourth-order valence-corrected chi connectivity index (χ4v) is 2.24. The summed E-state index contributed by atoms with van der Waals surface area (Å²) in [4.78, 5) is 11.1. The minimum Gasteiger partial charge on any atom is -0.366 e. The lowest BCUT2D eigenvalue weighted by atomic mass is 10.3. The van der Waals surface area contributed by atoms with E-state index in [1.807, 2.05) is 0 Å². The van der Waals surface area contributed by atoms with Crippen molar-refractivity contribution in [2.75, 3.05) is 25.0 Å². The minimum absolute atomic E-state index is 0.334. The van der Waals surface area contributed by atoms with Crippen LogP contribution in [0.25, 0.3) is 0 Å². The Bertz CT molecular complexity index is 380. The summed E-state index contributed by atoms with van der Waals surface area (Å²) < 4.78 is 0. The average Bonchev–Trinajstić information content (AvgIpc) is 2.35. The van der Waals surface area contributed by atoms with Crippen LogP contribution in [-0.2, 0) is 6.42 Å². The zero-order valence-corrected chi connectivity index (χ0v) is 13.2. The monoisotopic (exact) mass is 284 g/mol. The summed E-state index contributed by atoms with van der Waals surface area (Å²) >= 11 is 6.03. The smallest absolute Gasteiger partial charge is 0.134 e. The third-order valence-electron chi connectivity index (χ3n) is 3.04. The predicted molar refractivity (Wildman–Crippen MR) is 81.9 cm³/mol. The first-order chi connectivity index (χ1) is 9.08. The highest BCUT2D eigenvalue weighted by atomic mass is 35.5. The molecule has 0 fully saturated rings. The molecule has 5 heteroatoms. The predicted octanol–water partition coefficient (Wildman–Crippen LogP) is 3.22. The normalized spacial score (nSPS) is 12.7. The maximum Gasteiger partial charge on any atom is 0.134 e. The summed E-state index contributed by atoms with van der Waals surface area (Å²) in [5, 5.41) is 3.91. The van der Waals surface area contributed by atoms with Crippen LogP contribution >= 0.6 is 11.6 Å². The van der Waals surface area contributed by atoms with Crippen LogP contribution in [0.2, 0.25) is 5.15 Å². The van der Waals surface area contributed by atoms with Crippen LogP contribution in [0.1, 0.15) is 39.9 Å². The van der Waals surface area contributed by atoms with Crippen LogP contribution < -0.4 is 5.32 Å². The van der Waals surface area contributed by atoms with E-state index in [4.69, 9.17) is 11.6 Å². The topological polar surface area (TPSA) is 41.1 Å². The number of hydrogen-bond acceptors (Lipinski definition) is 4. The molecule has 1 atom stereocenters. The van der Waals surface area contributed by atoms with Gasteiger partial charge in [-0.05, 0) is 26.4 Å². The van der Waals surface area contributed by atoms with Crippen LogP contribution in [-0.4, -0.2) is 40.5 Å². The van der Waals surface area contributed by atoms with Gasteiger partial charge >= 0.3 is 0 Å². The number of likely N-dealkylation sites (N-methyl/N-ethyl adjacent to an activating group) is 1. The molecule has 1 aromatic heterocycles. The summed E-state index contributed by atoms with van der Waals surface area (Å²) in [5.41, 5.74) is 0. The minimum atomic E-state index is 0.334. The molecule has 0 saturated heterocycles. The van der Waals surface area contributed by atoms with Crippen molar-refractivity contribution in [3.05, 3.63) is 17.0 Å². The number of halogens is 1. The molecule has 1 aromatic rings. The third kappa shape index (κ3) is 5.74. The Morgan fingerprint density at radius 3 is 2.53 bits per heavy atom. The number of rotatable bonds is 8. The summed E-state index contributed by atoms with van der Waals surface area (Å²) in [6.45, 7) is 11.8. The van der Waals surface area contributed by atoms with Crippen LogP contribution in [0.5, 0.6) is 0 Å². The van der Waals surface area contributed by atoms with Crippen molar-refractivity contribution in [3.8, 4) is 0 Å². The summed E-state index contributed by atoms with van der Waals surface area (Å²) in [6, 6.07) is 2.12. The molecule has 0 spiro atoms. The van der Waals surface area contributed by atoms with Gasteiger partial charge in [0.25, 0.3) is 0 Å². The second kappa shape index (κ2) is 8.33. The Hall–Kier alpha value is -0.870. The first-order valence-corrected chi connectivity index (χ1v) is 7.49. The van der Waals surface area contributed by atoms with E-state index >= 15 is 0 Å². The van der Waals surface area contributed by atoms with E-state index in [0.29, 0.717) is 11.2 Å². The fraction of sp³-hybridized carbons (Fsp3) is 0.714. The van der Waals surface area contributed by atoms with E-state index < -0.39 is 0 Å². The molecule has 0 amide bonds. The standard InChI is InChI=1S/C14H25ClN4/c1-5-8-13-17-12(15)9-14(18-13)16-11(4)10-19(6-2)7-3/h9,11H,5-8,10H2,1-4H3,(H,16,17,18). The van der Waals surface area contributed by atoms with Gasteiger partial charge in [-0.2, -0.15) is 0 Å². The molecule has 4 nitrogen and oxygen atoms in total. The molecule has 108 valence electrons. The van der Waals surface area contributed by atoms with Crippen LogP contribution in [0.15, 0.2) is 6.07 Å². The quantitative estimate of drug-likeness (QED) is 0.744. The zero-order chi connectivity index (χ0) is 14.3. The SMILES string of the molecule is CCCc1nc(Cl)cc(NC(C)CN(CC)CC)n1. The molecular formula is C14H25ClN4. The van der Waals surface area contributed by atoms with Gasteiger partial charge in [0.1, 0.15) is 16.8 Å². The lowest BCUT2D eigenvalue weighted by Crippen LogP contribution is -2.35. The summed E-state index contributed by atoms with van der Waals surface area (Å²) in [7, 11) is 0. The number of aryl methyl sites for hydroxylation is 1. The molecule has 0 aliphatic carbocycles. The number of nitrogens with zero attached hydrogens (tertiary/aromatic N) is 3. The lowest BCUT2D eigenvalue weighted by molar-refractivity contribution is 0.294. The van der Waals surface area contributed by atoms with Gasteiger partial charge in [0.15, 0.2) is 0 Å². The van der Waals surface area contributed by atoms with E-state index in [0.717, 1.165) is 44.1 Å². The van der Waals surface area contributed by atoms with Crippen molar-refractivity contribution in [3.63, 3.8) is 0 Å². The molecule has 0 aliphatic rings. The van der Waals surface area contributed by atoms with Crippen molar-refractivity contribution >= 4 is 17.4 Å². The Balaban J connectivity index is 2.65. The highest BCUT2D eigenvalue weighted by Gasteiger charge is 2.09. The highest BCUT2D eigenvalue weighted by Crippen LogP contribution is 2.13. The molecule has 0 radical (unpaired) electrons. The van der Waals surface area contributed by atoms with E-state index in [1.165, 1.54) is 0 Å². The zero-order valence-electron chi connectivity index (χ0n) is 12.4. The number of nitrogens with one attached hydrogen (secondary N) is 1. The van der Waals surface area contributed by atoms with E-state index in [-0.39, 0.29) is 0 Å². The first-order valence-electron chi connectivity index (χ1n) is 7.11. The van der Waals surface area contributed by atoms with E-state index in [2.05, 4.69) is 47.9 Å². The Morgan fingerprint density at radius 1 is 1.26 bits per heavy atom. The van der Waals surface area contributed by atoms with Gasteiger partial charge in [0.05, 0.1) is 0 Å². The molecule has 1 heterocycles. The largest absolute Gasteiger partial charge is 0.366 e. The summed E-state index contributed by atoms with van der Waals surface area (Å²) in [5.74, 6) is 1.63. The molecule has 1 N–H and O–H groups in total. The third-order valence-corrected chi connectivity index (χ3v) is 3.23. The van der Waals surface area contributed by atoms with Gasteiger partial charge in [-0.1, -0.05) is 32.4 Å². The van der Waals surface area contributed by atoms with Gasteiger partial charge in [-0.15, -0.1) is 0 Å². The number of anilines is 1. The van der Waals surface area contributed by atoms with Gasteiger partial charge in [-0.3, -0.25) is 0 Å². The maximum atomic E-state index is 6.03. The first kappa shape index (κ1) is 16.2. The molecule has 0 aromatic carbocycles. The van der Waals surface area contributed by atoms with E-state index in [1.54, 1.807) is 6.07 Å². The molecule has 1 unspecified atom stereocenters. The fourth-order valence-electron chi connectivity index (χ4n) is 2.04. The molecule has 0 aliphatic heterocycles. The van der Waals surface area contributed by atoms with Crippen molar-refractivity contribution in [1.82, 2.24) is 14.9 Å². The average molecular weight is 285 g/mol. The maximum absolute atomic E-state index is 6.03. The Labute approximate surface area is 121 Å². The molecule has 1 rings (SSSR count). The van der Waals surface area contributed by atoms with E-state index in [9.17, 15) is 0 Å². The van der Waals surface area contributed by atoms with Gasteiger partial charge in [-0.25, -0.2) is 9.97 Å². The van der Waals surface area contributed by atoms with Crippen LogP contribution in [0.3, 0.4) is 0 Å². The van der Waals surface area contributed by atoms with Crippen molar-refractivity contribution in [1.29, 1.82) is 0 Å². The summed E-state index contributed by atoms with van der Waals surface area (Å²) in [6.07, 6.45) is 1.88. The highest BCUT2D eigenvalue weighted by molar-refractivity contribution is 6.29. The number of hydrogen-bond donors (Lipinski definition) is 1. The Morgan fingerprint density at radius 2 is 1.95 bits per heavy atom.